The molecule has 0 spiro atoms. The Bertz CT molecular complexity index is 488. The molecule has 1 amide bonds. The van der Waals surface area contributed by atoms with Gasteiger partial charge in [0.2, 0.25) is 0 Å². The van der Waals surface area contributed by atoms with Gasteiger partial charge in [0.25, 0.3) is 5.91 Å². The molecule has 1 heterocycles. The number of amides is 1. The van der Waals surface area contributed by atoms with E-state index in [0.29, 0.717) is 11.4 Å². The predicted octanol–water partition coefficient (Wildman–Crippen LogP) is 2.68. The van der Waals surface area contributed by atoms with Gasteiger partial charge >= 0.3 is 0 Å². The summed E-state index contributed by atoms with van der Waals surface area (Å²) in [4.78, 5) is 16.1. The zero-order valence-corrected chi connectivity index (χ0v) is 12.1. The average molecular weight is 273 g/mol. The Hall–Kier alpha value is -1.58. The van der Waals surface area contributed by atoms with Crippen LogP contribution < -0.4 is 10.6 Å². The zero-order valence-electron chi connectivity index (χ0n) is 12.1. The van der Waals surface area contributed by atoms with Crippen LogP contribution in [0.1, 0.15) is 42.5 Å². The molecule has 3 unspecified atom stereocenters. The highest BCUT2D eigenvalue weighted by Gasteiger charge is 2.38. The lowest BCUT2D eigenvalue weighted by Gasteiger charge is -2.21. The molecule has 0 aromatic carbocycles. The minimum atomic E-state index is -0.0828. The number of nitrogens with one attached hydrogen (secondary N) is 2. The van der Waals surface area contributed by atoms with E-state index in [2.05, 4.69) is 15.6 Å². The molecule has 20 heavy (non-hydrogen) atoms. The summed E-state index contributed by atoms with van der Waals surface area (Å²) in [5.74, 6) is 3.47. The minimum Gasteiger partial charge on any atom is -0.369 e. The third-order valence-corrected chi connectivity index (χ3v) is 4.97. The monoisotopic (exact) mass is 273 g/mol. The van der Waals surface area contributed by atoms with E-state index in [9.17, 15) is 4.79 Å². The molecular formula is C16H23N3O. The van der Waals surface area contributed by atoms with Crippen molar-refractivity contribution in [1.82, 2.24) is 10.3 Å². The topological polar surface area (TPSA) is 54.0 Å². The quantitative estimate of drug-likeness (QED) is 0.867. The highest BCUT2D eigenvalue weighted by Crippen LogP contribution is 2.49. The number of nitrogens with zero attached hydrogens (tertiary/aromatic N) is 1. The van der Waals surface area contributed by atoms with Crippen LogP contribution in [0.15, 0.2) is 18.3 Å². The Morgan fingerprint density at radius 3 is 3.00 bits per heavy atom. The molecule has 2 N–H and O–H groups in total. The number of aromatic nitrogens is 1. The smallest absolute Gasteiger partial charge is 0.254 e. The van der Waals surface area contributed by atoms with Crippen molar-refractivity contribution in [3.63, 3.8) is 0 Å². The Morgan fingerprint density at radius 2 is 2.30 bits per heavy atom. The maximum atomic E-state index is 11.8. The van der Waals surface area contributed by atoms with E-state index in [-0.39, 0.29) is 5.91 Å². The van der Waals surface area contributed by atoms with E-state index >= 15 is 0 Å². The van der Waals surface area contributed by atoms with Crippen LogP contribution in [0.3, 0.4) is 0 Å². The first kappa shape index (κ1) is 13.4. The molecule has 3 rings (SSSR count). The van der Waals surface area contributed by atoms with Crippen molar-refractivity contribution in [2.75, 3.05) is 18.9 Å². The molecule has 2 bridgehead atoms. The van der Waals surface area contributed by atoms with Gasteiger partial charge in [-0.1, -0.05) is 6.42 Å². The van der Waals surface area contributed by atoms with Crippen molar-refractivity contribution in [1.29, 1.82) is 0 Å². The van der Waals surface area contributed by atoms with Gasteiger partial charge in [-0.2, -0.15) is 0 Å². The van der Waals surface area contributed by atoms with Crippen LogP contribution in [0, 0.1) is 17.8 Å². The number of pyridine rings is 1. The van der Waals surface area contributed by atoms with Crippen LogP contribution in [-0.4, -0.2) is 24.5 Å². The maximum Gasteiger partial charge on any atom is 0.254 e. The van der Waals surface area contributed by atoms with E-state index in [1.807, 2.05) is 6.07 Å². The van der Waals surface area contributed by atoms with E-state index in [1.54, 1.807) is 19.3 Å². The van der Waals surface area contributed by atoms with Crippen molar-refractivity contribution in [3.8, 4) is 0 Å². The lowest BCUT2D eigenvalue weighted by Crippen LogP contribution is -2.21. The summed E-state index contributed by atoms with van der Waals surface area (Å²) in [6.45, 7) is 0.912. The predicted molar refractivity (Wildman–Crippen MR) is 79.7 cm³/mol. The fraction of sp³-hybridized carbons (Fsp3) is 0.625. The second-order valence-electron chi connectivity index (χ2n) is 6.13. The highest BCUT2D eigenvalue weighted by molar-refractivity contribution is 5.98. The SMILES string of the molecule is CNC(=O)c1cccnc1NCCC1CC2CCC1C2. The molecule has 0 saturated heterocycles. The highest BCUT2D eigenvalue weighted by atomic mass is 16.1. The summed E-state index contributed by atoms with van der Waals surface area (Å²) in [6.07, 6.45) is 8.68. The molecule has 0 radical (unpaired) electrons. The number of hydrogen-bond donors (Lipinski definition) is 2. The van der Waals surface area contributed by atoms with Crippen molar-refractivity contribution in [2.24, 2.45) is 17.8 Å². The van der Waals surface area contributed by atoms with Crippen LogP contribution in [0.5, 0.6) is 0 Å². The lowest BCUT2D eigenvalue weighted by molar-refractivity contribution is 0.0963. The first-order chi connectivity index (χ1) is 9.78. The van der Waals surface area contributed by atoms with Gasteiger partial charge in [-0.15, -0.1) is 0 Å². The fourth-order valence-electron chi connectivity index (χ4n) is 3.97. The molecule has 3 atom stereocenters. The number of rotatable bonds is 5. The number of hydrogen-bond acceptors (Lipinski definition) is 3. The first-order valence-corrected chi connectivity index (χ1v) is 7.69. The van der Waals surface area contributed by atoms with Gasteiger partial charge in [-0.3, -0.25) is 4.79 Å². The fourth-order valence-corrected chi connectivity index (χ4v) is 3.97. The van der Waals surface area contributed by atoms with Crippen LogP contribution in [0.25, 0.3) is 0 Å². The summed E-state index contributed by atoms with van der Waals surface area (Å²) >= 11 is 0. The lowest BCUT2D eigenvalue weighted by atomic mass is 9.86. The number of carbonyl (C=O) groups excluding carboxylic acids is 1. The number of carbonyl (C=O) groups is 1. The average Bonchev–Trinajstić information content (AvgIpc) is 3.09. The summed E-state index contributed by atoms with van der Waals surface area (Å²) in [6, 6.07) is 3.61. The molecule has 108 valence electrons. The minimum absolute atomic E-state index is 0.0828. The van der Waals surface area contributed by atoms with Crippen LogP contribution in [0.4, 0.5) is 5.82 Å². The van der Waals surface area contributed by atoms with Crippen molar-refractivity contribution in [2.45, 2.75) is 32.1 Å². The first-order valence-electron chi connectivity index (χ1n) is 7.69. The number of anilines is 1. The van der Waals surface area contributed by atoms with Gasteiger partial charge in [-0.25, -0.2) is 4.98 Å². The van der Waals surface area contributed by atoms with Gasteiger partial charge in [0.1, 0.15) is 5.82 Å². The van der Waals surface area contributed by atoms with Gasteiger partial charge in [0, 0.05) is 19.8 Å². The van der Waals surface area contributed by atoms with Gasteiger partial charge in [0.15, 0.2) is 0 Å². The molecule has 1 aromatic heterocycles. The molecule has 1 aromatic rings. The molecule has 0 aliphatic heterocycles. The molecule has 2 fully saturated rings. The van der Waals surface area contributed by atoms with Crippen molar-refractivity contribution >= 4 is 11.7 Å². The van der Waals surface area contributed by atoms with Gasteiger partial charge in [-0.05, 0) is 55.6 Å². The standard InChI is InChI=1S/C16H23N3O/c1-17-16(20)14-3-2-7-18-15(14)19-8-6-13-10-11-4-5-12(13)9-11/h2-3,7,11-13H,4-6,8-10H2,1H3,(H,17,20)(H,18,19). The Morgan fingerprint density at radius 1 is 1.40 bits per heavy atom. The van der Waals surface area contributed by atoms with Crippen molar-refractivity contribution in [3.05, 3.63) is 23.9 Å². The molecule has 4 heteroatoms. The van der Waals surface area contributed by atoms with Crippen molar-refractivity contribution < 1.29 is 4.79 Å². The summed E-state index contributed by atoms with van der Waals surface area (Å²) in [5, 5.41) is 6.00. The number of fused-ring (bicyclic) bond motifs is 2. The van der Waals surface area contributed by atoms with E-state index in [4.69, 9.17) is 0 Å². The third-order valence-electron chi connectivity index (χ3n) is 4.97. The Kier molecular flexibility index (Phi) is 3.90. The second kappa shape index (κ2) is 5.81. The third kappa shape index (κ3) is 2.65. The molecule has 2 saturated carbocycles. The molecule has 4 nitrogen and oxygen atoms in total. The molecular weight excluding hydrogens is 250 g/mol. The molecule has 2 aliphatic carbocycles. The Labute approximate surface area is 120 Å². The normalized spacial score (nSPS) is 27.6. The summed E-state index contributed by atoms with van der Waals surface area (Å²) in [5.41, 5.74) is 0.628. The summed E-state index contributed by atoms with van der Waals surface area (Å²) < 4.78 is 0. The van der Waals surface area contributed by atoms with E-state index in [1.165, 1.54) is 32.1 Å². The second-order valence-corrected chi connectivity index (χ2v) is 6.13. The van der Waals surface area contributed by atoms with Crippen LogP contribution in [0.2, 0.25) is 0 Å². The van der Waals surface area contributed by atoms with Gasteiger partial charge < -0.3 is 10.6 Å². The van der Waals surface area contributed by atoms with E-state index in [0.717, 1.165) is 24.3 Å². The van der Waals surface area contributed by atoms with Gasteiger partial charge in [0.05, 0.1) is 5.56 Å². The van der Waals surface area contributed by atoms with Crippen LogP contribution >= 0.6 is 0 Å². The van der Waals surface area contributed by atoms with E-state index < -0.39 is 0 Å². The maximum absolute atomic E-state index is 11.8. The Balaban J connectivity index is 1.55. The largest absolute Gasteiger partial charge is 0.369 e. The van der Waals surface area contributed by atoms with Crippen LogP contribution in [-0.2, 0) is 0 Å². The zero-order chi connectivity index (χ0) is 13.9. The summed E-state index contributed by atoms with van der Waals surface area (Å²) in [7, 11) is 1.65. The molecule has 2 aliphatic rings.